The van der Waals surface area contributed by atoms with E-state index in [4.69, 9.17) is 19.3 Å². The summed E-state index contributed by atoms with van der Waals surface area (Å²) in [5, 5.41) is 78.2. The van der Waals surface area contributed by atoms with Crippen molar-refractivity contribution in [2.24, 2.45) is 0 Å². The minimum Gasteiger partial charge on any atom is -0.516 e. The summed E-state index contributed by atoms with van der Waals surface area (Å²) in [5.41, 5.74) is 0.336. The number of hydrogen-bond acceptors (Lipinski definition) is 12. The van der Waals surface area contributed by atoms with Gasteiger partial charge in [0.2, 0.25) is 5.43 Å². The lowest BCUT2D eigenvalue weighted by molar-refractivity contribution is -0.220. The molecule has 0 aliphatic rings. The van der Waals surface area contributed by atoms with E-state index >= 15 is 0 Å². The Morgan fingerprint density at radius 1 is 0.891 bits per heavy atom. The van der Waals surface area contributed by atoms with Crippen molar-refractivity contribution in [2.75, 3.05) is 13.4 Å². The number of ether oxygens (including phenoxy) is 3. The van der Waals surface area contributed by atoms with Crippen molar-refractivity contribution in [2.45, 2.75) is 44.4 Å². The van der Waals surface area contributed by atoms with Crippen molar-refractivity contribution in [1.29, 1.82) is 0 Å². The SMILES string of the molecule is CC(O)C(O)C(O)C(O)OCOc1cc(CCOc2ccc(/C=C/C=C/C=C/O)cc2O)cc2ccc(CC(=O)O)c(O)c2c1=O. The molecule has 0 amide bonds. The van der Waals surface area contributed by atoms with E-state index in [2.05, 4.69) is 0 Å². The van der Waals surface area contributed by atoms with Gasteiger partial charge in [0.15, 0.2) is 30.3 Å². The molecule has 13 heteroatoms. The molecule has 46 heavy (non-hydrogen) atoms. The first-order valence-electron chi connectivity index (χ1n) is 14.0. The van der Waals surface area contributed by atoms with E-state index in [0.717, 1.165) is 6.26 Å². The number of aliphatic hydroxyl groups is 5. The molecule has 0 aromatic heterocycles. The van der Waals surface area contributed by atoms with Crippen LogP contribution in [0.15, 0.2) is 77.8 Å². The summed E-state index contributed by atoms with van der Waals surface area (Å²) in [6, 6.07) is 10.6. The Bertz CT molecular complexity index is 1650. The standard InChI is InChI=1S/C33H36O13/c1-19(35)29(39)32(42)33(43)46-18-45-26-16-21(14-22-8-9-23(17-27(37)38)30(40)28(22)31(26)41)11-13-44-25-10-7-20(15-24(25)36)6-4-2-3-5-12-34/h2-10,12,14-16,19,29,32-36,39-40,42-43H,11,13,17-18H2,1H3,(H,37,38)/b3-2+,6-4+,12-5+. The van der Waals surface area contributed by atoms with Crippen LogP contribution in [0.1, 0.15) is 23.6 Å². The summed E-state index contributed by atoms with van der Waals surface area (Å²) in [7, 11) is 0. The Morgan fingerprint density at radius 2 is 1.63 bits per heavy atom. The highest BCUT2D eigenvalue weighted by molar-refractivity contribution is 5.91. The first-order valence-corrected chi connectivity index (χ1v) is 14.0. The molecule has 3 aromatic carbocycles. The molecule has 4 atom stereocenters. The number of aliphatic hydroxyl groups excluding tert-OH is 5. The van der Waals surface area contributed by atoms with Crippen LogP contribution in [-0.4, -0.2) is 84.8 Å². The molecule has 0 saturated heterocycles. The molecule has 0 spiro atoms. The molecule has 13 nitrogen and oxygen atoms in total. The number of hydrogen-bond donors (Lipinski definition) is 8. The fourth-order valence-electron chi connectivity index (χ4n) is 4.27. The molecule has 0 heterocycles. The van der Waals surface area contributed by atoms with Crippen LogP contribution in [0.5, 0.6) is 23.0 Å². The lowest BCUT2D eigenvalue weighted by Crippen LogP contribution is -2.44. The van der Waals surface area contributed by atoms with Gasteiger partial charge in [0.1, 0.15) is 18.0 Å². The molecule has 8 N–H and O–H groups in total. The Hall–Kier alpha value is -4.92. The fourth-order valence-corrected chi connectivity index (χ4v) is 4.27. The molecule has 0 radical (unpaired) electrons. The molecule has 3 aromatic rings. The number of aliphatic carboxylic acids is 1. The molecule has 0 aliphatic carbocycles. The summed E-state index contributed by atoms with van der Waals surface area (Å²) in [5.74, 6) is -2.06. The zero-order valence-corrected chi connectivity index (χ0v) is 24.8. The third-order valence-electron chi connectivity index (χ3n) is 6.67. The topological polar surface area (TPSA) is 224 Å². The molecule has 0 fully saturated rings. The molecule has 3 rings (SSSR count). The third kappa shape index (κ3) is 9.79. The molecule has 0 bridgehead atoms. The van der Waals surface area contributed by atoms with Crippen molar-refractivity contribution in [3.8, 4) is 23.0 Å². The smallest absolute Gasteiger partial charge is 0.307 e. The maximum Gasteiger partial charge on any atom is 0.307 e. The van der Waals surface area contributed by atoms with Crippen LogP contribution >= 0.6 is 0 Å². The highest BCUT2D eigenvalue weighted by Gasteiger charge is 2.29. The average Bonchev–Trinajstić information content (AvgIpc) is 3.14. The quantitative estimate of drug-likeness (QED) is 0.0640. The van der Waals surface area contributed by atoms with Gasteiger partial charge in [0.25, 0.3) is 0 Å². The Labute approximate surface area is 263 Å². The van der Waals surface area contributed by atoms with Gasteiger partial charge in [-0.05, 0) is 47.7 Å². The molecule has 0 saturated carbocycles. The molecular formula is C33H36O13. The lowest BCUT2D eigenvalue weighted by atomic mass is 10.0. The number of carboxylic acids is 1. The second kappa shape index (κ2) is 17.0. The van der Waals surface area contributed by atoms with Gasteiger partial charge < -0.3 is 55.1 Å². The van der Waals surface area contributed by atoms with Crippen LogP contribution < -0.4 is 14.9 Å². The van der Waals surface area contributed by atoms with Crippen molar-refractivity contribution in [1.82, 2.24) is 0 Å². The van der Waals surface area contributed by atoms with Crippen molar-refractivity contribution in [3.63, 3.8) is 0 Å². The largest absolute Gasteiger partial charge is 0.516 e. The van der Waals surface area contributed by atoms with Crippen molar-refractivity contribution in [3.05, 3.63) is 99.9 Å². The van der Waals surface area contributed by atoms with Crippen LogP contribution in [0.2, 0.25) is 0 Å². The van der Waals surface area contributed by atoms with Gasteiger partial charge in [-0.3, -0.25) is 9.59 Å². The zero-order chi connectivity index (χ0) is 33.8. The lowest BCUT2D eigenvalue weighted by Gasteiger charge is -2.24. The summed E-state index contributed by atoms with van der Waals surface area (Å²) < 4.78 is 16.2. The van der Waals surface area contributed by atoms with E-state index in [1.54, 1.807) is 42.5 Å². The number of fused-ring (bicyclic) bond motifs is 1. The Morgan fingerprint density at radius 3 is 2.30 bits per heavy atom. The van der Waals surface area contributed by atoms with Gasteiger partial charge in [0.05, 0.1) is 30.8 Å². The predicted molar refractivity (Wildman–Crippen MR) is 167 cm³/mol. The summed E-state index contributed by atoms with van der Waals surface area (Å²) in [6.45, 7) is 0.430. The maximum atomic E-state index is 13.5. The van der Waals surface area contributed by atoms with E-state index in [9.17, 15) is 45.3 Å². The number of phenols is 2. The number of phenolic OH excluding ortho intramolecular Hbond substituents is 2. The van der Waals surface area contributed by atoms with Crippen molar-refractivity contribution >= 4 is 22.8 Å². The number of benzene rings is 2. The second-order valence-corrected chi connectivity index (χ2v) is 10.1. The number of rotatable bonds is 16. The highest BCUT2D eigenvalue weighted by atomic mass is 16.7. The number of carbonyl (C=O) groups is 1. The average molecular weight is 641 g/mol. The molecule has 0 aliphatic heterocycles. The second-order valence-electron chi connectivity index (χ2n) is 10.1. The number of allylic oxidation sites excluding steroid dienone is 4. The molecular weight excluding hydrogens is 604 g/mol. The molecule has 246 valence electrons. The van der Waals surface area contributed by atoms with Crippen LogP contribution in [0.3, 0.4) is 0 Å². The van der Waals surface area contributed by atoms with E-state index in [1.165, 1.54) is 37.3 Å². The van der Waals surface area contributed by atoms with E-state index < -0.39 is 55.0 Å². The summed E-state index contributed by atoms with van der Waals surface area (Å²) in [6.07, 6.45) is 1.72. The van der Waals surface area contributed by atoms with Gasteiger partial charge >= 0.3 is 5.97 Å². The number of aromatic hydroxyl groups is 2. The van der Waals surface area contributed by atoms with Crippen LogP contribution in [0, 0.1) is 0 Å². The Kier molecular flexibility index (Phi) is 13.1. The highest BCUT2D eigenvalue weighted by Crippen LogP contribution is 2.30. The first-order chi connectivity index (χ1) is 21.9. The minimum absolute atomic E-state index is 0.00664. The number of carboxylic acid groups (broad SMARTS) is 1. The monoisotopic (exact) mass is 640 g/mol. The summed E-state index contributed by atoms with van der Waals surface area (Å²) >= 11 is 0. The van der Waals surface area contributed by atoms with Gasteiger partial charge in [-0.1, -0.05) is 48.6 Å². The summed E-state index contributed by atoms with van der Waals surface area (Å²) in [4.78, 5) is 24.8. The van der Waals surface area contributed by atoms with Crippen LogP contribution in [0.25, 0.3) is 16.8 Å². The fraction of sp³-hybridized carbons (Fsp3) is 0.273. The van der Waals surface area contributed by atoms with Gasteiger partial charge in [-0.25, -0.2) is 0 Å². The third-order valence-corrected chi connectivity index (χ3v) is 6.67. The van der Waals surface area contributed by atoms with Gasteiger partial charge in [-0.2, -0.15) is 0 Å². The predicted octanol–water partition coefficient (Wildman–Crippen LogP) is 2.27. The Balaban J connectivity index is 1.86. The first kappa shape index (κ1) is 35.6. The normalized spacial score (nSPS) is 14.5. The van der Waals surface area contributed by atoms with E-state index in [0.29, 0.717) is 11.1 Å². The molecule has 4 unspecified atom stereocenters. The van der Waals surface area contributed by atoms with E-state index in [-0.39, 0.29) is 46.6 Å². The minimum atomic E-state index is -1.99. The van der Waals surface area contributed by atoms with Gasteiger partial charge in [-0.15, -0.1) is 0 Å². The van der Waals surface area contributed by atoms with Crippen LogP contribution in [-0.2, 0) is 22.4 Å². The van der Waals surface area contributed by atoms with Crippen LogP contribution in [0.4, 0.5) is 0 Å². The van der Waals surface area contributed by atoms with E-state index in [1.807, 2.05) is 0 Å². The van der Waals surface area contributed by atoms with Gasteiger partial charge in [0, 0.05) is 12.0 Å². The van der Waals surface area contributed by atoms with Crippen molar-refractivity contribution < 1.29 is 59.9 Å². The maximum absolute atomic E-state index is 13.5. The zero-order valence-electron chi connectivity index (χ0n) is 24.8.